The molecule has 40 heavy (non-hydrogen) atoms. The number of carbonyl (C=O) groups excluding carboxylic acids is 2. The first-order valence-electron chi connectivity index (χ1n) is 13.5. The first-order valence-corrected chi connectivity index (χ1v) is 14.6. The number of benzene rings is 1. The summed E-state index contributed by atoms with van der Waals surface area (Å²) in [5, 5.41) is 54.6. The second-order valence-electron chi connectivity index (χ2n) is 10.4. The van der Waals surface area contributed by atoms with Crippen molar-refractivity contribution in [1.82, 2.24) is 10.2 Å². The molecule has 13 heteroatoms. The number of phenols is 2. The molecule has 12 nitrogen and oxygen atoms in total. The maximum atomic E-state index is 13.3. The lowest BCUT2D eigenvalue weighted by atomic mass is 9.91. The van der Waals surface area contributed by atoms with Gasteiger partial charge in [-0.1, -0.05) is 19.4 Å². The normalized spacial score (nSPS) is 30.5. The predicted molar refractivity (Wildman–Crippen MR) is 147 cm³/mol. The molecule has 6 N–H and O–H groups in total. The number of carbonyl (C=O) groups is 2. The Kier molecular flexibility index (Phi) is 11.9. The zero-order valence-corrected chi connectivity index (χ0v) is 24.1. The lowest BCUT2D eigenvalue weighted by molar-refractivity contribution is -0.212. The Hall–Kier alpha value is -2.13. The number of likely N-dealkylation sites (tertiary alicyclic amines) is 1. The maximum absolute atomic E-state index is 13.3. The van der Waals surface area contributed by atoms with Crippen LogP contribution in [0.3, 0.4) is 0 Å². The highest BCUT2D eigenvalue weighted by Crippen LogP contribution is 2.32. The molecule has 0 unspecified atom stereocenters. The third-order valence-electron chi connectivity index (χ3n) is 7.60. The van der Waals surface area contributed by atoms with E-state index in [0.717, 1.165) is 37.6 Å². The van der Waals surface area contributed by atoms with Crippen LogP contribution in [0.1, 0.15) is 43.5 Å². The Morgan fingerprint density at radius 2 is 1.85 bits per heavy atom. The summed E-state index contributed by atoms with van der Waals surface area (Å²) in [6.45, 7) is 4.49. The molecule has 0 aliphatic carbocycles. The van der Waals surface area contributed by atoms with Crippen LogP contribution in [0, 0.1) is 5.92 Å². The number of aliphatic hydroxyl groups excluding tert-OH is 3. The number of nitrogens with zero attached hydrogens (tertiary/aromatic N) is 1. The fourth-order valence-corrected chi connectivity index (χ4v) is 6.30. The van der Waals surface area contributed by atoms with Crippen molar-refractivity contribution in [3.63, 3.8) is 0 Å². The van der Waals surface area contributed by atoms with Crippen LogP contribution in [0.5, 0.6) is 11.5 Å². The second-order valence-corrected chi connectivity index (χ2v) is 11.6. The summed E-state index contributed by atoms with van der Waals surface area (Å²) in [6, 6.07) is 2.69. The van der Waals surface area contributed by atoms with E-state index in [9.17, 15) is 35.1 Å². The molecule has 1 amide bonds. The summed E-state index contributed by atoms with van der Waals surface area (Å²) in [4.78, 5) is 27.6. The molecule has 2 saturated heterocycles. The van der Waals surface area contributed by atoms with Gasteiger partial charge in [-0.25, -0.2) is 4.79 Å². The van der Waals surface area contributed by atoms with Crippen LogP contribution in [-0.2, 0) is 19.0 Å². The van der Waals surface area contributed by atoms with Crippen molar-refractivity contribution in [2.75, 3.05) is 33.1 Å². The number of ether oxygens (including phenoxy) is 3. The van der Waals surface area contributed by atoms with Crippen molar-refractivity contribution in [3.05, 3.63) is 23.8 Å². The van der Waals surface area contributed by atoms with E-state index in [1.165, 1.54) is 25.3 Å². The van der Waals surface area contributed by atoms with Crippen molar-refractivity contribution in [2.45, 2.75) is 81.1 Å². The van der Waals surface area contributed by atoms with Crippen LogP contribution in [0.4, 0.5) is 0 Å². The summed E-state index contributed by atoms with van der Waals surface area (Å²) in [7, 11) is 3.37. The van der Waals surface area contributed by atoms with Crippen molar-refractivity contribution >= 4 is 23.6 Å². The van der Waals surface area contributed by atoms with Gasteiger partial charge in [0.2, 0.25) is 5.91 Å². The van der Waals surface area contributed by atoms with E-state index in [-0.39, 0.29) is 29.9 Å². The SMILES string of the molecule is CCC[C@@H]1C[C@@H](C(=O)N[C@@H]([C@H]2O[C@H](SCCOC(=O)c3c(O)cccc3O)[C@H](O)[C@@H](O)[C@H]2O)[C@@H](C)OC)N(C)C1. The minimum absolute atomic E-state index is 0.125. The number of rotatable bonds is 12. The molecule has 226 valence electrons. The number of esters is 1. The Balaban J connectivity index is 1.64. The van der Waals surface area contributed by atoms with Gasteiger partial charge >= 0.3 is 5.97 Å². The number of thioether (sulfide) groups is 1. The molecule has 3 rings (SSSR count). The Bertz CT molecular complexity index is 980. The van der Waals surface area contributed by atoms with E-state index >= 15 is 0 Å². The molecular formula is C27H42N2O10S. The largest absolute Gasteiger partial charge is 0.507 e. The van der Waals surface area contributed by atoms with E-state index in [2.05, 4.69) is 12.2 Å². The third-order valence-corrected chi connectivity index (χ3v) is 8.73. The predicted octanol–water partition coefficient (Wildman–Crippen LogP) is 0.436. The van der Waals surface area contributed by atoms with Crippen LogP contribution in [0.15, 0.2) is 18.2 Å². The summed E-state index contributed by atoms with van der Waals surface area (Å²) < 4.78 is 16.6. The number of nitrogens with one attached hydrogen (secondary N) is 1. The fraction of sp³-hybridized carbons (Fsp3) is 0.704. The highest BCUT2D eigenvalue weighted by atomic mass is 32.2. The smallest absolute Gasteiger partial charge is 0.345 e. The summed E-state index contributed by atoms with van der Waals surface area (Å²) in [5.74, 6) is -1.45. The van der Waals surface area contributed by atoms with E-state index in [1.807, 2.05) is 11.9 Å². The number of methoxy groups -OCH3 is 1. The molecular weight excluding hydrogens is 544 g/mol. The van der Waals surface area contributed by atoms with Crippen LogP contribution < -0.4 is 5.32 Å². The van der Waals surface area contributed by atoms with Crippen LogP contribution in [-0.4, -0.2) is 123 Å². The van der Waals surface area contributed by atoms with Crippen molar-refractivity contribution in [2.24, 2.45) is 5.92 Å². The molecule has 0 aromatic heterocycles. The van der Waals surface area contributed by atoms with Gasteiger partial charge in [-0.2, -0.15) is 0 Å². The minimum Gasteiger partial charge on any atom is -0.507 e. The summed E-state index contributed by atoms with van der Waals surface area (Å²) >= 11 is 1.04. The van der Waals surface area contributed by atoms with Gasteiger partial charge in [-0.05, 0) is 44.9 Å². The van der Waals surface area contributed by atoms with Gasteiger partial charge in [0.05, 0.1) is 18.2 Å². The van der Waals surface area contributed by atoms with Crippen molar-refractivity contribution in [1.29, 1.82) is 0 Å². The Morgan fingerprint density at radius 3 is 2.48 bits per heavy atom. The third kappa shape index (κ3) is 7.58. The molecule has 0 saturated carbocycles. The first kappa shape index (κ1) is 32.4. The van der Waals surface area contributed by atoms with Gasteiger partial charge in [-0.15, -0.1) is 11.8 Å². The van der Waals surface area contributed by atoms with Gasteiger partial charge in [0.1, 0.15) is 53.5 Å². The molecule has 2 fully saturated rings. The van der Waals surface area contributed by atoms with E-state index in [0.29, 0.717) is 5.92 Å². The van der Waals surface area contributed by atoms with Crippen molar-refractivity contribution < 1.29 is 49.3 Å². The number of aromatic hydroxyl groups is 2. The number of hydrogen-bond donors (Lipinski definition) is 6. The van der Waals surface area contributed by atoms with Crippen LogP contribution in [0.2, 0.25) is 0 Å². The highest BCUT2D eigenvalue weighted by molar-refractivity contribution is 7.99. The first-order chi connectivity index (χ1) is 19.0. The Morgan fingerprint density at radius 1 is 1.18 bits per heavy atom. The Labute approximate surface area is 238 Å². The molecule has 0 bridgehead atoms. The van der Waals surface area contributed by atoms with Gasteiger partial charge < -0.3 is 45.1 Å². The number of hydrogen-bond acceptors (Lipinski definition) is 12. The monoisotopic (exact) mass is 586 g/mol. The fourth-order valence-electron chi connectivity index (χ4n) is 5.32. The lowest BCUT2D eigenvalue weighted by Gasteiger charge is -2.44. The van der Waals surface area contributed by atoms with Gasteiger partial charge in [0.25, 0.3) is 0 Å². The summed E-state index contributed by atoms with van der Waals surface area (Å²) in [5.41, 5.74) is -1.38. The average Bonchev–Trinajstić information content (AvgIpc) is 3.29. The molecule has 0 spiro atoms. The summed E-state index contributed by atoms with van der Waals surface area (Å²) in [6.07, 6.45) is -3.45. The van der Waals surface area contributed by atoms with E-state index in [4.69, 9.17) is 14.2 Å². The standard InChI is InChI=1S/C27H42N2O10S/c1-5-7-15-12-16(29(3)13-15)25(35)28-20(14(2)37-4)24-22(33)21(32)23(34)27(39-24)40-11-10-38-26(36)19-17(30)8-6-9-18(19)31/h6,8-9,14-16,20-24,27,30-34H,5,7,10-13H2,1-4H3,(H,28,35)/t14-,15-,16+,20-,21+,22-,23-,24-,27-/m1/s1. The number of likely N-dealkylation sites (N-methyl/N-ethyl adjacent to an activating group) is 1. The van der Waals surface area contributed by atoms with Crippen LogP contribution in [0.25, 0.3) is 0 Å². The molecule has 2 aliphatic heterocycles. The topological polar surface area (TPSA) is 178 Å². The molecule has 9 atom stereocenters. The molecule has 0 radical (unpaired) electrons. The quantitative estimate of drug-likeness (QED) is 0.147. The maximum Gasteiger partial charge on any atom is 0.345 e. The van der Waals surface area contributed by atoms with Crippen molar-refractivity contribution in [3.8, 4) is 11.5 Å². The highest BCUT2D eigenvalue weighted by Gasteiger charge is 2.49. The van der Waals surface area contributed by atoms with Gasteiger partial charge in [0.15, 0.2) is 0 Å². The van der Waals surface area contributed by atoms with Crippen LogP contribution >= 0.6 is 11.8 Å². The van der Waals surface area contributed by atoms with E-state index < -0.39 is 59.5 Å². The zero-order valence-electron chi connectivity index (χ0n) is 23.3. The lowest BCUT2D eigenvalue weighted by Crippen LogP contribution is -2.66. The second kappa shape index (κ2) is 14.7. The number of amides is 1. The minimum atomic E-state index is -1.57. The number of aliphatic hydroxyl groups is 3. The van der Waals surface area contributed by atoms with Gasteiger partial charge in [-0.3, -0.25) is 9.69 Å². The molecule has 1 aromatic carbocycles. The molecule has 1 aromatic rings. The zero-order chi connectivity index (χ0) is 29.6. The van der Waals surface area contributed by atoms with Gasteiger partial charge in [0, 0.05) is 19.4 Å². The molecule has 2 aliphatic rings. The molecule has 2 heterocycles. The number of phenolic OH excluding ortho intramolecular Hbond substituents is 2. The average molecular weight is 587 g/mol. The van der Waals surface area contributed by atoms with E-state index in [1.54, 1.807) is 6.92 Å².